The van der Waals surface area contributed by atoms with Crippen molar-refractivity contribution in [1.29, 1.82) is 0 Å². The first-order valence-corrected chi connectivity index (χ1v) is 12.7. The Kier molecular flexibility index (Phi) is 7.64. The minimum Gasteiger partial charge on any atom is -0.445 e. The summed E-state index contributed by atoms with van der Waals surface area (Å²) in [5.74, 6) is -0.907. The summed E-state index contributed by atoms with van der Waals surface area (Å²) in [7, 11) is 0. The number of rotatable bonds is 8. The molecule has 4 aromatic rings. The molecule has 0 unspecified atom stereocenters. The lowest BCUT2D eigenvalue weighted by atomic mass is 10.0. The van der Waals surface area contributed by atoms with Crippen molar-refractivity contribution in [3.8, 4) is 11.1 Å². The summed E-state index contributed by atoms with van der Waals surface area (Å²) in [5.41, 5.74) is 6.63. The van der Waals surface area contributed by atoms with E-state index >= 15 is 0 Å². The fourth-order valence-corrected chi connectivity index (χ4v) is 4.70. The maximum absolute atomic E-state index is 13.1. The van der Waals surface area contributed by atoms with E-state index in [-0.39, 0.29) is 18.1 Å². The Morgan fingerprint density at radius 2 is 1.49 bits per heavy atom. The number of benzene rings is 4. The van der Waals surface area contributed by atoms with Crippen LogP contribution in [0.1, 0.15) is 45.6 Å². The first-order chi connectivity index (χ1) is 19.0. The average Bonchev–Trinajstić information content (AvgIpc) is 3.35. The SMILES string of the molecule is CC(=CC(=O)c1ccccc1)OC(=O)[C@@H](NC(=O)OCc1cccc2c1Cc1ccccc1-2)c1ccccc1. The Hall–Kier alpha value is -4.97. The highest BCUT2D eigenvalue weighted by molar-refractivity contribution is 6.04. The summed E-state index contributed by atoms with van der Waals surface area (Å²) in [5, 5.41) is 2.63. The van der Waals surface area contributed by atoms with Gasteiger partial charge in [-0.15, -0.1) is 0 Å². The van der Waals surface area contributed by atoms with Crippen molar-refractivity contribution < 1.29 is 23.9 Å². The topological polar surface area (TPSA) is 81.7 Å². The highest BCUT2D eigenvalue weighted by Gasteiger charge is 2.26. The van der Waals surface area contributed by atoms with Gasteiger partial charge in [0, 0.05) is 11.6 Å². The Balaban J connectivity index is 1.27. The number of nitrogens with one attached hydrogen (secondary N) is 1. The Morgan fingerprint density at radius 3 is 2.26 bits per heavy atom. The van der Waals surface area contributed by atoms with Crippen LogP contribution in [0.15, 0.2) is 115 Å². The molecule has 1 aliphatic rings. The van der Waals surface area contributed by atoms with Crippen LogP contribution in [0.25, 0.3) is 11.1 Å². The van der Waals surface area contributed by atoms with Gasteiger partial charge in [-0.3, -0.25) is 4.79 Å². The summed E-state index contributed by atoms with van der Waals surface area (Å²) in [6.45, 7) is 1.58. The molecular formula is C33H27NO5. The monoisotopic (exact) mass is 517 g/mol. The molecule has 6 heteroatoms. The van der Waals surface area contributed by atoms with E-state index in [1.54, 1.807) is 48.5 Å². The van der Waals surface area contributed by atoms with Crippen molar-refractivity contribution >= 4 is 17.8 Å². The van der Waals surface area contributed by atoms with Gasteiger partial charge in [-0.1, -0.05) is 103 Å². The quantitative estimate of drug-likeness (QED) is 0.109. The maximum atomic E-state index is 13.1. The molecule has 0 saturated carbocycles. The van der Waals surface area contributed by atoms with Gasteiger partial charge in [0.2, 0.25) is 0 Å². The second kappa shape index (κ2) is 11.6. The molecule has 0 aromatic heterocycles. The van der Waals surface area contributed by atoms with Crippen LogP contribution in [-0.2, 0) is 27.3 Å². The Morgan fingerprint density at radius 1 is 0.821 bits per heavy atom. The van der Waals surface area contributed by atoms with Crippen LogP contribution in [0.5, 0.6) is 0 Å². The van der Waals surface area contributed by atoms with E-state index in [1.807, 2.05) is 36.4 Å². The van der Waals surface area contributed by atoms with Gasteiger partial charge >= 0.3 is 12.1 Å². The molecule has 194 valence electrons. The number of alkyl carbamates (subject to hydrolysis) is 1. The van der Waals surface area contributed by atoms with Crippen LogP contribution in [0.3, 0.4) is 0 Å². The van der Waals surface area contributed by atoms with Crippen LogP contribution in [0.4, 0.5) is 4.79 Å². The third kappa shape index (κ3) is 5.96. The van der Waals surface area contributed by atoms with Gasteiger partial charge in [-0.05, 0) is 46.7 Å². The maximum Gasteiger partial charge on any atom is 0.408 e. The zero-order valence-corrected chi connectivity index (χ0v) is 21.4. The third-order valence-corrected chi connectivity index (χ3v) is 6.59. The van der Waals surface area contributed by atoms with Gasteiger partial charge < -0.3 is 14.8 Å². The standard InChI is InChI=1S/C33H27NO5/c1-22(19-30(35)23-11-4-2-5-12-23)39-32(36)31(24-13-6-3-7-14-24)34-33(37)38-21-26-16-10-18-28-27-17-9-8-15-25(27)20-29(26)28/h2-19,31H,20-21H2,1H3,(H,34,37)/t31-/m0/s1. The number of esters is 1. The Bertz CT molecular complexity index is 1540. The number of amides is 1. The molecule has 1 atom stereocenters. The second-order valence-corrected chi connectivity index (χ2v) is 9.25. The first kappa shape index (κ1) is 25.7. The lowest BCUT2D eigenvalue weighted by molar-refractivity contribution is -0.141. The largest absolute Gasteiger partial charge is 0.445 e. The third-order valence-electron chi connectivity index (χ3n) is 6.59. The fourth-order valence-electron chi connectivity index (χ4n) is 4.70. The molecule has 0 fully saturated rings. The number of ether oxygens (including phenoxy) is 2. The van der Waals surface area contributed by atoms with Crippen LogP contribution < -0.4 is 5.32 Å². The molecule has 0 heterocycles. The van der Waals surface area contributed by atoms with E-state index in [0.717, 1.165) is 23.1 Å². The number of ketones is 1. The van der Waals surface area contributed by atoms with Gasteiger partial charge in [0.15, 0.2) is 11.8 Å². The molecule has 1 amide bonds. The number of hydrogen-bond donors (Lipinski definition) is 1. The van der Waals surface area contributed by atoms with E-state index in [2.05, 4.69) is 23.5 Å². The summed E-state index contributed by atoms with van der Waals surface area (Å²) < 4.78 is 11.0. The van der Waals surface area contributed by atoms with E-state index in [1.165, 1.54) is 24.1 Å². The molecule has 0 spiro atoms. The number of carbonyl (C=O) groups excluding carboxylic acids is 3. The van der Waals surface area contributed by atoms with Crippen LogP contribution in [0, 0.1) is 0 Å². The van der Waals surface area contributed by atoms with Crippen LogP contribution in [0.2, 0.25) is 0 Å². The lowest BCUT2D eigenvalue weighted by Crippen LogP contribution is -2.35. The Labute approximate surface area is 226 Å². The highest BCUT2D eigenvalue weighted by atomic mass is 16.6. The predicted molar refractivity (Wildman–Crippen MR) is 148 cm³/mol. The van der Waals surface area contributed by atoms with Crippen molar-refractivity contribution in [2.45, 2.75) is 26.0 Å². The van der Waals surface area contributed by atoms with E-state index < -0.39 is 18.1 Å². The number of allylic oxidation sites excluding steroid dienone is 2. The molecular weight excluding hydrogens is 490 g/mol. The van der Waals surface area contributed by atoms with Gasteiger partial charge in [0.1, 0.15) is 12.4 Å². The predicted octanol–water partition coefficient (Wildman–Crippen LogP) is 6.56. The molecule has 0 saturated heterocycles. The summed E-state index contributed by atoms with van der Waals surface area (Å²) in [4.78, 5) is 38.4. The molecule has 0 bridgehead atoms. The normalized spacial score (nSPS) is 12.6. The molecule has 1 aliphatic carbocycles. The lowest BCUT2D eigenvalue weighted by Gasteiger charge is -2.18. The van der Waals surface area contributed by atoms with Crippen LogP contribution >= 0.6 is 0 Å². The minimum absolute atomic E-state index is 0.0596. The zero-order chi connectivity index (χ0) is 27.2. The minimum atomic E-state index is -1.13. The summed E-state index contributed by atoms with van der Waals surface area (Å²) in [6.07, 6.45) is 1.27. The van der Waals surface area contributed by atoms with Gasteiger partial charge in [-0.25, -0.2) is 9.59 Å². The van der Waals surface area contributed by atoms with E-state index in [0.29, 0.717) is 11.1 Å². The fraction of sp³-hybridized carbons (Fsp3) is 0.121. The molecule has 0 radical (unpaired) electrons. The molecule has 5 rings (SSSR count). The smallest absolute Gasteiger partial charge is 0.408 e. The van der Waals surface area contributed by atoms with Gasteiger partial charge in [-0.2, -0.15) is 0 Å². The van der Waals surface area contributed by atoms with Crippen molar-refractivity contribution in [3.63, 3.8) is 0 Å². The van der Waals surface area contributed by atoms with E-state index in [4.69, 9.17) is 9.47 Å². The average molecular weight is 518 g/mol. The van der Waals surface area contributed by atoms with Crippen molar-refractivity contribution in [3.05, 3.63) is 143 Å². The van der Waals surface area contributed by atoms with Crippen molar-refractivity contribution in [1.82, 2.24) is 5.32 Å². The molecule has 4 aromatic carbocycles. The van der Waals surface area contributed by atoms with E-state index in [9.17, 15) is 14.4 Å². The number of hydrogen-bond acceptors (Lipinski definition) is 5. The van der Waals surface area contributed by atoms with Crippen molar-refractivity contribution in [2.24, 2.45) is 0 Å². The first-order valence-electron chi connectivity index (χ1n) is 12.7. The number of carbonyl (C=O) groups is 3. The molecule has 39 heavy (non-hydrogen) atoms. The summed E-state index contributed by atoms with van der Waals surface area (Å²) in [6, 6.07) is 30.5. The zero-order valence-electron chi connectivity index (χ0n) is 21.4. The van der Waals surface area contributed by atoms with Crippen molar-refractivity contribution in [2.75, 3.05) is 0 Å². The number of fused-ring (bicyclic) bond motifs is 3. The second-order valence-electron chi connectivity index (χ2n) is 9.25. The summed E-state index contributed by atoms with van der Waals surface area (Å²) >= 11 is 0. The molecule has 0 aliphatic heterocycles. The highest BCUT2D eigenvalue weighted by Crippen LogP contribution is 2.38. The molecule has 1 N–H and O–H groups in total. The molecule has 6 nitrogen and oxygen atoms in total. The van der Waals surface area contributed by atoms with Gasteiger partial charge in [0.25, 0.3) is 0 Å². The van der Waals surface area contributed by atoms with Gasteiger partial charge in [0.05, 0.1) is 0 Å². The van der Waals surface area contributed by atoms with Crippen LogP contribution in [-0.4, -0.2) is 17.8 Å².